The molecule has 0 atom stereocenters. The minimum Gasteiger partial charge on any atom is -0.515 e. The highest BCUT2D eigenvalue weighted by Crippen LogP contribution is 2.19. The van der Waals surface area contributed by atoms with Crippen LogP contribution in [0.4, 0.5) is 0 Å². The average molecular weight is 242 g/mol. The highest BCUT2D eigenvalue weighted by Gasteiger charge is 2.26. The van der Waals surface area contributed by atoms with Crippen LogP contribution >= 0.6 is 0 Å². The molecule has 98 valence electrons. The number of carbonyl (C=O) groups excluding carboxylic acids is 2. The number of ether oxygens (including phenoxy) is 1. The maximum atomic E-state index is 12.0. The van der Waals surface area contributed by atoms with Gasteiger partial charge >= 0.3 is 5.97 Å². The largest absolute Gasteiger partial charge is 0.515 e. The van der Waals surface area contributed by atoms with Gasteiger partial charge in [-0.05, 0) is 19.8 Å². The van der Waals surface area contributed by atoms with E-state index in [0.717, 1.165) is 25.7 Å². The molecule has 0 amide bonds. The molecule has 0 aliphatic rings. The van der Waals surface area contributed by atoms with Gasteiger partial charge in [-0.25, -0.2) is 4.79 Å². The Balaban J connectivity index is 4.76. The van der Waals surface area contributed by atoms with Gasteiger partial charge in [-0.1, -0.05) is 26.7 Å². The molecule has 0 spiro atoms. The van der Waals surface area contributed by atoms with Gasteiger partial charge in [0.2, 0.25) is 0 Å². The third-order valence-corrected chi connectivity index (χ3v) is 2.53. The van der Waals surface area contributed by atoms with Crippen molar-refractivity contribution >= 4 is 11.8 Å². The number of esters is 1. The van der Waals surface area contributed by atoms with E-state index >= 15 is 0 Å². The van der Waals surface area contributed by atoms with Gasteiger partial charge in [0.25, 0.3) is 0 Å². The molecule has 0 bridgehead atoms. The number of carbonyl (C=O) groups is 2. The molecule has 4 heteroatoms. The van der Waals surface area contributed by atoms with Crippen LogP contribution in [0.2, 0.25) is 0 Å². The van der Waals surface area contributed by atoms with E-state index < -0.39 is 5.97 Å². The number of rotatable bonds is 8. The van der Waals surface area contributed by atoms with E-state index in [0.29, 0.717) is 6.26 Å². The SMILES string of the molecule is CCCC(CCC)C(=O)C(=CO)C(=O)OCC. The lowest BCUT2D eigenvalue weighted by Gasteiger charge is -2.14. The summed E-state index contributed by atoms with van der Waals surface area (Å²) in [6.07, 6.45) is 3.77. The van der Waals surface area contributed by atoms with Crippen molar-refractivity contribution in [1.29, 1.82) is 0 Å². The average Bonchev–Trinajstić information content (AvgIpc) is 2.30. The van der Waals surface area contributed by atoms with Crippen LogP contribution in [0.25, 0.3) is 0 Å². The van der Waals surface area contributed by atoms with Gasteiger partial charge in [0.05, 0.1) is 12.9 Å². The fourth-order valence-electron chi connectivity index (χ4n) is 1.75. The standard InChI is InChI=1S/C13H22O4/c1-4-7-10(8-5-2)12(15)11(9-14)13(16)17-6-3/h9-10,14H,4-8H2,1-3H3. The van der Waals surface area contributed by atoms with Crippen LogP contribution in [0.3, 0.4) is 0 Å². The predicted molar refractivity (Wildman–Crippen MR) is 65.7 cm³/mol. The van der Waals surface area contributed by atoms with Gasteiger partial charge in [-0.15, -0.1) is 0 Å². The first-order chi connectivity index (χ1) is 8.12. The van der Waals surface area contributed by atoms with E-state index in [1.54, 1.807) is 6.92 Å². The number of aliphatic hydroxyl groups excluding tert-OH is 1. The van der Waals surface area contributed by atoms with Crippen molar-refractivity contribution in [2.24, 2.45) is 5.92 Å². The molecule has 17 heavy (non-hydrogen) atoms. The Morgan fingerprint density at radius 1 is 1.18 bits per heavy atom. The first kappa shape index (κ1) is 15.7. The van der Waals surface area contributed by atoms with Crippen molar-refractivity contribution in [1.82, 2.24) is 0 Å². The first-order valence-corrected chi connectivity index (χ1v) is 6.17. The summed E-state index contributed by atoms with van der Waals surface area (Å²) in [7, 11) is 0. The summed E-state index contributed by atoms with van der Waals surface area (Å²) in [6.45, 7) is 5.83. The van der Waals surface area contributed by atoms with Gasteiger partial charge in [-0.2, -0.15) is 0 Å². The third-order valence-electron chi connectivity index (χ3n) is 2.53. The predicted octanol–water partition coefficient (Wildman–Crippen LogP) is 2.78. The molecule has 0 fully saturated rings. The van der Waals surface area contributed by atoms with E-state index in [1.807, 2.05) is 13.8 Å². The third kappa shape index (κ3) is 5.02. The summed E-state index contributed by atoms with van der Waals surface area (Å²) in [4.78, 5) is 23.5. The summed E-state index contributed by atoms with van der Waals surface area (Å²) in [6, 6.07) is 0. The number of hydrogen-bond acceptors (Lipinski definition) is 4. The van der Waals surface area contributed by atoms with E-state index in [-0.39, 0.29) is 23.9 Å². The van der Waals surface area contributed by atoms with Crippen molar-refractivity contribution < 1.29 is 19.4 Å². The van der Waals surface area contributed by atoms with E-state index in [2.05, 4.69) is 0 Å². The van der Waals surface area contributed by atoms with Gasteiger partial charge in [0.15, 0.2) is 5.78 Å². The molecular formula is C13H22O4. The quantitative estimate of drug-likeness (QED) is 0.234. The van der Waals surface area contributed by atoms with Crippen molar-refractivity contribution in [3.8, 4) is 0 Å². The molecule has 0 rings (SSSR count). The maximum absolute atomic E-state index is 12.0. The van der Waals surface area contributed by atoms with Crippen LogP contribution in [0.1, 0.15) is 46.5 Å². The van der Waals surface area contributed by atoms with Crippen LogP contribution in [-0.4, -0.2) is 23.5 Å². The van der Waals surface area contributed by atoms with Crippen LogP contribution in [0, 0.1) is 5.92 Å². The van der Waals surface area contributed by atoms with Crippen molar-refractivity contribution in [3.63, 3.8) is 0 Å². The fourth-order valence-corrected chi connectivity index (χ4v) is 1.75. The molecule has 0 saturated heterocycles. The maximum Gasteiger partial charge on any atom is 0.344 e. The van der Waals surface area contributed by atoms with E-state index in [1.165, 1.54) is 0 Å². The molecular weight excluding hydrogens is 220 g/mol. The van der Waals surface area contributed by atoms with Crippen LogP contribution < -0.4 is 0 Å². The normalized spacial score (nSPS) is 11.6. The molecule has 0 aliphatic heterocycles. The first-order valence-electron chi connectivity index (χ1n) is 6.17. The lowest BCUT2D eigenvalue weighted by molar-refractivity contribution is -0.140. The Bertz CT molecular complexity index is 275. The zero-order valence-electron chi connectivity index (χ0n) is 10.9. The van der Waals surface area contributed by atoms with Gasteiger partial charge in [0, 0.05) is 5.92 Å². The van der Waals surface area contributed by atoms with Gasteiger partial charge in [-0.3, -0.25) is 4.79 Å². The Labute approximate surface area is 103 Å². The van der Waals surface area contributed by atoms with Crippen LogP contribution in [0.15, 0.2) is 11.8 Å². The second-order valence-corrected chi connectivity index (χ2v) is 3.90. The van der Waals surface area contributed by atoms with E-state index in [9.17, 15) is 9.59 Å². The second-order valence-electron chi connectivity index (χ2n) is 3.90. The lowest BCUT2D eigenvalue weighted by atomic mass is 9.90. The highest BCUT2D eigenvalue weighted by molar-refractivity contribution is 6.17. The summed E-state index contributed by atoms with van der Waals surface area (Å²) >= 11 is 0. The molecule has 0 aromatic rings. The van der Waals surface area contributed by atoms with Crippen LogP contribution in [0.5, 0.6) is 0 Å². The monoisotopic (exact) mass is 242 g/mol. The van der Waals surface area contributed by atoms with Gasteiger partial charge < -0.3 is 9.84 Å². The zero-order valence-corrected chi connectivity index (χ0v) is 10.9. The van der Waals surface area contributed by atoms with Crippen molar-refractivity contribution in [2.45, 2.75) is 46.5 Å². The molecule has 0 saturated carbocycles. The molecule has 1 N–H and O–H groups in total. The number of hydrogen-bond donors (Lipinski definition) is 1. The topological polar surface area (TPSA) is 63.6 Å². The molecule has 0 aliphatic carbocycles. The Morgan fingerprint density at radius 2 is 1.71 bits per heavy atom. The molecule has 0 radical (unpaired) electrons. The van der Waals surface area contributed by atoms with Crippen molar-refractivity contribution in [2.75, 3.05) is 6.61 Å². The highest BCUT2D eigenvalue weighted by atomic mass is 16.5. The smallest absolute Gasteiger partial charge is 0.344 e. The van der Waals surface area contributed by atoms with Crippen molar-refractivity contribution in [3.05, 3.63) is 11.8 Å². The molecule has 0 heterocycles. The number of Topliss-reactive ketones (excluding diaryl/α,β-unsaturated/α-hetero) is 1. The van der Waals surface area contributed by atoms with Crippen LogP contribution in [-0.2, 0) is 14.3 Å². The minimum absolute atomic E-state index is 0.190. The summed E-state index contributed by atoms with van der Waals surface area (Å²) in [5, 5.41) is 9.00. The molecule has 0 unspecified atom stereocenters. The number of aliphatic hydroxyl groups is 1. The molecule has 0 aromatic heterocycles. The zero-order chi connectivity index (χ0) is 13.3. The number of ketones is 1. The molecule has 4 nitrogen and oxygen atoms in total. The Kier molecular flexibility index (Phi) is 8.11. The molecule has 0 aromatic carbocycles. The summed E-state index contributed by atoms with van der Waals surface area (Å²) in [5.74, 6) is -1.25. The Morgan fingerprint density at radius 3 is 2.06 bits per heavy atom. The summed E-state index contributed by atoms with van der Waals surface area (Å²) < 4.78 is 4.73. The van der Waals surface area contributed by atoms with Gasteiger partial charge in [0.1, 0.15) is 5.57 Å². The minimum atomic E-state index is -0.739. The Hall–Kier alpha value is -1.32. The fraction of sp³-hybridized carbons (Fsp3) is 0.692. The second kappa shape index (κ2) is 8.79. The summed E-state index contributed by atoms with van der Waals surface area (Å²) in [5.41, 5.74) is -0.237. The lowest BCUT2D eigenvalue weighted by Crippen LogP contribution is -2.23. The van der Waals surface area contributed by atoms with E-state index in [4.69, 9.17) is 9.84 Å².